The third-order valence-electron chi connectivity index (χ3n) is 2.09. The Balaban J connectivity index is 2.53. The summed E-state index contributed by atoms with van der Waals surface area (Å²) >= 11 is 11.8. The fourth-order valence-electron chi connectivity index (χ4n) is 1.40. The van der Waals surface area contributed by atoms with Gasteiger partial charge in [-0.05, 0) is 29.8 Å². The molecule has 0 aliphatic rings. The third-order valence-corrected chi connectivity index (χ3v) is 2.53. The first kappa shape index (κ1) is 11.1. The fourth-order valence-corrected chi connectivity index (χ4v) is 1.93. The van der Waals surface area contributed by atoms with E-state index in [2.05, 4.69) is 4.98 Å². The number of hydrogen-bond donors (Lipinski definition) is 0. The lowest BCUT2D eigenvalue weighted by Crippen LogP contribution is -1.85. The van der Waals surface area contributed by atoms with E-state index in [1.54, 1.807) is 30.5 Å². The molecule has 0 saturated carbocycles. The molecule has 0 saturated heterocycles. The van der Waals surface area contributed by atoms with Gasteiger partial charge in [-0.15, -0.1) is 0 Å². The highest BCUT2D eigenvalue weighted by Crippen LogP contribution is 2.26. The van der Waals surface area contributed by atoms with Gasteiger partial charge in [0, 0.05) is 33.6 Å². The van der Waals surface area contributed by atoms with Crippen LogP contribution in [0.5, 0.6) is 0 Å². The molecule has 0 unspecified atom stereocenters. The number of pyridine rings is 1. The number of hydrogen-bond acceptors (Lipinski definition) is 2. The van der Waals surface area contributed by atoms with Crippen LogP contribution in [-0.2, 0) is 0 Å². The lowest BCUT2D eigenvalue weighted by atomic mass is 10.1. The maximum atomic E-state index is 10.6. The summed E-state index contributed by atoms with van der Waals surface area (Å²) in [6.45, 7) is 0. The molecule has 0 bridgehead atoms. The second-order valence-corrected chi connectivity index (χ2v) is 4.16. The van der Waals surface area contributed by atoms with E-state index in [4.69, 9.17) is 23.2 Å². The Morgan fingerprint density at radius 3 is 2.25 bits per heavy atom. The molecule has 4 heteroatoms. The van der Waals surface area contributed by atoms with Crippen molar-refractivity contribution in [2.75, 3.05) is 0 Å². The Labute approximate surface area is 103 Å². The van der Waals surface area contributed by atoms with E-state index in [0.29, 0.717) is 15.6 Å². The summed E-state index contributed by atoms with van der Waals surface area (Å²) in [7, 11) is 0. The van der Waals surface area contributed by atoms with Crippen LogP contribution < -0.4 is 0 Å². The van der Waals surface area contributed by atoms with Crippen LogP contribution in [0.4, 0.5) is 0 Å². The van der Waals surface area contributed by atoms with Crippen LogP contribution in [0.3, 0.4) is 0 Å². The number of rotatable bonds is 2. The van der Waals surface area contributed by atoms with Gasteiger partial charge < -0.3 is 0 Å². The fraction of sp³-hybridized carbons (Fsp3) is 0. The van der Waals surface area contributed by atoms with Crippen LogP contribution in [0.15, 0.2) is 36.7 Å². The Bertz CT molecular complexity index is 520. The molecule has 0 aliphatic heterocycles. The van der Waals surface area contributed by atoms with Crippen LogP contribution in [-0.4, -0.2) is 11.3 Å². The van der Waals surface area contributed by atoms with Gasteiger partial charge in [-0.2, -0.15) is 0 Å². The minimum Gasteiger partial charge on any atom is -0.298 e. The van der Waals surface area contributed by atoms with Crippen molar-refractivity contribution in [2.45, 2.75) is 0 Å². The van der Waals surface area contributed by atoms with Crippen LogP contribution in [0.2, 0.25) is 10.0 Å². The van der Waals surface area contributed by atoms with Crippen molar-refractivity contribution < 1.29 is 4.79 Å². The van der Waals surface area contributed by atoms with Gasteiger partial charge in [-0.25, -0.2) is 0 Å². The molecule has 2 aromatic rings. The van der Waals surface area contributed by atoms with E-state index < -0.39 is 0 Å². The number of halogens is 2. The average Bonchev–Trinajstić information content (AvgIpc) is 2.28. The van der Waals surface area contributed by atoms with Gasteiger partial charge in [-0.3, -0.25) is 9.78 Å². The molecular weight excluding hydrogens is 245 g/mol. The van der Waals surface area contributed by atoms with Crippen LogP contribution >= 0.6 is 23.2 Å². The van der Waals surface area contributed by atoms with Crippen molar-refractivity contribution in [1.29, 1.82) is 0 Å². The second-order valence-electron chi connectivity index (χ2n) is 3.28. The van der Waals surface area contributed by atoms with E-state index in [1.165, 1.54) is 6.20 Å². The van der Waals surface area contributed by atoms with E-state index in [-0.39, 0.29) is 0 Å². The average molecular weight is 252 g/mol. The Morgan fingerprint density at radius 1 is 0.938 bits per heavy atom. The second kappa shape index (κ2) is 4.64. The van der Waals surface area contributed by atoms with Crippen molar-refractivity contribution in [3.63, 3.8) is 0 Å². The molecule has 1 aromatic carbocycles. The first-order valence-electron chi connectivity index (χ1n) is 4.56. The molecule has 2 rings (SSSR count). The molecule has 1 heterocycles. The summed E-state index contributed by atoms with van der Waals surface area (Å²) in [6.07, 6.45) is 3.92. The minimum atomic E-state index is 0.522. The standard InChI is InChI=1S/C12H7Cl2NO/c13-11-2-9(3-12(14)4-11)10-1-8(7-16)5-15-6-10/h1-7H. The molecule has 0 spiro atoms. The normalized spacial score (nSPS) is 10.1. The summed E-state index contributed by atoms with van der Waals surface area (Å²) in [6, 6.07) is 6.95. The summed E-state index contributed by atoms with van der Waals surface area (Å²) in [5.74, 6) is 0. The molecule has 0 atom stereocenters. The Kier molecular flexibility index (Phi) is 3.22. The van der Waals surface area contributed by atoms with Crippen molar-refractivity contribution in [3.05, 3.63) is 52.3 Å². The van der Waals surface area contributed by atoms with E-state index in [0.717, 1.165) is 17.4 Å². The summed E-state index contributed by atoms with van der Waals surface area (Å²) in [4.78, 5) is 14.6. The molecule has 16 heavy (non-hydrogen) atoms. The van der Waals surface area contributed by atoms with Gasteiger partial charge in [0.15, 0.2) is 6.29 Å². The van der Waals surface area contributed by atoms with Crippen molar-refractivity contribution in [3.8, 4) is 11.1 Å². The summed E-state index contributed by atoms with van der Waals surface area (Å²) in [5.41, 5.74) is 2.18. The SMILES string of the molecule is O=Cc1cncc(-c2cc(Cl)cc(Cl)c2)c1. The molecule has 0 amide bonds. The highest BCUT2D eigenvalue weighted by Gasteiger charge is 2.02. The van der Waals surface area contributed by atoms with Gasteiger partial charge in [0.05, 0.1) is 0 Å². The van der Waals surface area contributed by atoms with Crippen molar-refractivity contribution >= 4 is 29.5 Å². The van der Waals surface area contributed by atoms with Gasteiger partial charge in [0.25, 0.3) is 0 Å². The number of benzene rings is 1. The summed E-state index contributed by atoms with van der Waals surface area (Å²) < 4.78 is 0. The number of aldehydes is 1. The number of aromatic nitrogens is 1. The van der Waals surface area contributed by atoms with Gasteiger partial charge in [0.1, 0.15) is 0 Å². The zero-order valence-electron chi connectivity index (χ0n) is 8.15. The molecule has 80 valence electrons. The Hall–Kier alpha value is -1.38. The highest BCUT2D eigenvalue weighted by molar-refractivity contribution is 6.35. The van der Waals surface area contributed by atoms with Crippen LogP contribution in [0.1, 0.15) is 10.4 Å². The number of carbonyl (C=O) groups is 1. The predicted molar refractivity (Wildman–Crippen MR) is 65.1 cm³/mol. The van der Waals surface area contributed by atoms with Crippen LogP contribution in [0, 0.1) is 0 Å². The zero-order valence-corrected chi connectivity index (χ0v) is 9.66. The predicted octanol–water partition coefficient (Wildman–Crippen LogP) is 3.87. The number of carbonyl (C=O) groups excluding carboxylic acids is 1. The maximum Gasteiger partial charge on any atom is 0.151 e. The van der Waals surface area contributed by atoms with Crippen LogP contribution in [0.25, 0.3) is 11.1 Å². The first-order valence-corrected chi connectivity index (χ1v) is 5.31. The molecule has 0 aliphatic carbocycles. The van der Waals surface area contributed by atoms with Crippen molar-refractivity contribution in [2.24, 2.45) is 0 Å². The highest BCUT2D eigenvalue weighted by atomic mass is 35.5. The lowest BCUT2D eigenvalue weighted by molar-refractivity contribution is 0.112. The van der Waals surface area contributed by atoms with Gasteiger partial charge >= 0.3 is 0 Å². The molecule has 1 aromatic heterocycles. The third kappa shape index (κ3) is 2.40. The summed E-state index contributed by atoms with van der Waals surface area (Å²) in [5, 5.41) is 1.11. The van der Waals surface area contributed by atoms with E-state index in [9.17, 15) is 4.79 Å². The van der Waals surface area contributed by atoms with Crippen molar-refractivity contribution in [1.82, 2.24) is 4.98 Å². The number of nitrogens with zero attached hydrogens (tertiary/aromatic N) is 1. The first-order chi connectivity index (χ1) is 7.69. The monoisotopic (exact) mass is 251 g/mol. The van der Waals surface area contributed by atoms with Gasteiger partial charge in [-0.1, -0.05) is 23.2 Å². The quantitative estimate of drug-likeness (QED) is 0.759. The molecule has 2 nitrogen and oxygen atoms in total. The lowest BCUT2D eigenvalue weighted by Gasteiger charge is -2.03. The van der Waals surface area contributed by atoms with Gasteiger partial charge in [0.2, 0.25) is 0 Å². The molecule has 0 N–H and O–H groups in total. The largest absolute Gasteiger partial charge is 0.298 e. The van der Waals surface area contributed by atoms with E-state index in [1.807, 2.05) is 0 Å². The van der Waals surface area contributed by atoms with E-state index >= 15 is 0 Å². The zero-order chi connectivity index (χ0) is 11.5. The Morgan fingerprint density at radius 2 is 1.62 bits per heavy atom. The molecular formula is C12H7Cl2NO. The minimum absolute atomic E-state index is 0.522. The topological polar surface area (TPSA) is 30.0 Å². The smallest absolute Gasteiger partial charge is 0.151 e. The maximum absolute atomic E-state index is 10.6. The molecule has 0 fully saturated rings. The molecule has 0 radical (unpaired) electrons.